The molecule has 2 rings (SSSR count). The molecular formula is C18H31N3. The summed E-state index contributed by atoms with van der Waals surface area (Å²) in [5, 5.41) is 3.60. The summed E-state index contributed by atoms with van der Waals surface area (Å²) >= 11 is 0. The van der Waals surface area contributed by atoms with Gasteiger partial charge in [-0.3, -0.25) is 0 Å². The van der Waals surface area contributed by atoms with Crippen LogP contribution in [0.25, 0.3) is 0 Å². The van der Waals surface area contributed by atoms with Crippen LogP contribution in [0.15, 0.2) is 18.3 Å². The van der Waals surface area contributed by atoms with Gasteiger partial charge in [0.1, 0.15) is 5.82 Å². The number of hydrogen-bond acceptors (Lipinski definition) is 3. The minimum atomic E-state index is 0.137. The fourth-order valence-corrected chi connectivity index (χ4v) is 3.10. The molecule has 0 amide bonds. The highest BCUT2D eigenvalue weighted by Gasteiger charge is 2.24. The van der Waals surface area contributed by atoms with Crippen LogP contribution in [0.4, 0.5) is 5.82 Å². The van der Waals surface area contributed by atoms with Gasteiger partial charge in [0.05, 0.1) is 0 Å². The Bertz CT molecular complexity index is 434. The van der Waals surface area contributed by atoms with Crippen LogP contribution < -0.4 is 10.2 Å². The fraction of sp³-hybridized carbons (Fsp3) is 0.722. The van der Waals surface area contributed by atoms with E-state index in [2.05, 4.69) is 50.0 Å². The number of rotatable bonds is 5. The maximum Gasteiger partial charge on any atom is 0.133 e. The largest absolute Gasteiger partial charge is 0.353 e. The smallest absolute Gasteiger partial charge is 0.133 e. The van der Waals surface area contributed by atoms with Gasteiger partial charge in [-0.2, -0.15) is 0 Å². The van der Waals surface area contributed by atoms with E-state index >= 15 is 0 Å². The lowest BCUT2D eigenvalue weighted by Gasteiger charge is -2.38. The molecular weight excluding hydrogens is 258 g/mol. The minimum absolute atomic E-state index is 0.137. The van der Waals surface area contributed by atoms with Gasteiger partial charge in [0.15, 0.2) is 0 Å². The van der Waals surface area contributed by atoms with Crippen LogP contribution in [0.3, 0.4) is 0 Å². The van der Waals surface area contributed by atoms with Crippen molar-refractivity contribution in [2.45, 2.75) is 77.9 Å². The minimum Gasteiger partial charge on any atom is -0.353 e. The Hall–Kier alpha value is -1.09. The first-order chi connectivity index (χ1) is 10.0. The lowest BCUT2D eigenvalue weighted by Crippen LogP contribution is -2.41. The van der Waals surface area contributed by atoms with Gasteiger partial charge in [0.25, 0.3) is 0 Å². The molecule has 3 nitrogen and oxygen atoms in total. The van der Waals surface area contributed by atoms with Crippen LogP contribution in [-0.2, 0) is 6.54 Å². The van der Waals surface area contributed by atoms with Crippen molar-refractivity contribution in [2.75, 3.05) is 11.4 Å². The normalized spacial score (nSPS) is 19.8. The van der Waals surface area contributed by atoms with Gasteiger partial charge < -0.3 is 10.2 Å². The van der Waals surface area contributed by atoms with Crippen molar-refractivity contribution < 1.29 is 0 Å². The first kappa shape index (κ1) is 16.3. The van der Waals surface area contributed by atoms with Gasteiger partial charge in [-0.15, -0.1) is 0 Å². The van der Waals surface area contributed by atoms with E-state index in [1.807, 2.05) is 6.20 Å². The summed E-state index contributed by atoms with van der Waals surface area (Å²) in [6, 6.07) is 4.95. The lowest BCUT2D eigenvalue weighted by atomic mass is 9.97. The first-order valence-electron chi connectivity index (χ1n) is 8.47. The summed E-state index contributed by atoms with van der Waals surface area (Å²) in [6.07, 6.45) is 8.45. The second-order valence-corrected chi connectivity index (χ2v) is 7.22. The first-order valence-corrected chi connectivity index (χ1v) is 8.47. The van der Waals surface area contributed by atoms with E-state index in [1.165, 1.54) is 43.5 Å². The summed E-state index contributed by atoms with van der Waals surface area (Å²) in [5.74, 6) is 1.20. The molecule has 1 saturated heterocycles. The molecule has 1 unspecified atom stereocenters. The lowest BCUT2D eigenvalue weighted by molar-refractivity contribution is 0.416. The number of nitrogens with one attached hydrogen (secondary N) is 1. The molecule has 1 N–H and O–H groups in total. The van der Waals surface area contributed by atoms with Crippen molar-refractivity contribution in [1.29, 1.82) is 0 Å². The molecule has 1 aliphatic rings. The molecule has 1 aromatic rings. The van der Waals surface area contributed by atoms with Crippen LogP contribution >= 0.6 is 0 Å². The molecule has 1 aliphatic heterocycles. The number of pyridine rings is 1. The van der Waals surface area contributed by atoms with Crippen LogP contribution in [-0.4, -0.2) is 23.1 Å². The predicted molar refractivity (Wildman–Crippen MR) is 90.7 cm³/mol. The maximum atomic E-state index is 4.72. The number of hydrogen-bond donors (Lipinski definition) is 1. The third-order valence-electron chi connectivity index (χ3n) is 4.20. The zero-order chi connectivity index (χ0) is 15.3. The summed E-state index contributed by atoms with van der Waals surface area (Å²) in [6.45, 7) is 11.0. The molecule has 0 spiro atoms. The van der Waals surface area contributed by atoms with Crippen molar-refractivity contribution in [1.82, 2.24) is 10.3 Å². The summed E-state index contributed by atoms with van der Waals surface area (Å²) in [7, 11) is 0. The van der Waals surface area contributed by atoms with Crippen LogP contribution in [0.2, 0.25) is 0 Å². The zero-order valence-corrected chi connectivity index (χ0v) is 14.2. The molecule has 0 bridgehead atoms. The topological polar surface area (TPSA) is 28.2 Å². The Morgan fingerprint density at radius 1 is 1.33 bits per heavy atom. The standard InChI is InChI=1S/C18H31N3/c1-5-9-16-11-6-7-13-21(16)17-15(10-8-12-19-17)14-20-18(2,3)4/h8,10,12,16,20H,5-7,9,11,13-14H2,1-4H3. The molecule has 118 valence electrons. The Morgan fingerprint density at radius 3 is 2.86 bits per heavy atom. The van der Waals surface area contributed by atoms with Crippen molar-refractivity contribution in [2.24, 2.45) is 0 Å². The second-order valence-electron chi connectivity index (χ2n) is 7.22. The number of aromatic nitrogens is 1. The average Bonchev–Trinajstić information content (AvgIpc) is 2.46. The summed E-state index contributed by atoms with van der Waals surface area (Å²) in [4.78, 5) is 7.28. The maximum absolute atomic E-state index is 4.72. The second kappa shape index (κ2) is 7.26. The van der Waals surface area contributed by atoms with E-state index in [-0.39, 0.29) is 5.54 Å². The molecule has 1 aromatic heterocycles. The Balaban J connectivity index is 2.17. The number of nitrogens with zero attached hydrogens (tertiary/aromatic N) is 2. The van der Waals surface area contributed by atoms with Gasteiger partial charge in [0, 0.05) is 36.4 Å². The van der Waals surface area contributed by atoms with Gasteiger partial charge in [-0.05, 0) is 52.5 Å². The van der Waals surface area contributed by atoms with E-state index in [0.717, 1.165) is 13.1 Å². The van der Waals surface area contributed by atoms with Gasteiger partial charge >= 0.3 is 0 Å². The molecule has 3 heteroatoms. The Kier molecular flexibility index (Phi) is 5.63. The highest BCUT2D eigenvalue weighted by atomic mass is 15.2. The van der Waals surface area contributed by atoms with E-state index in [9.17, 15) is 0 Å². The molecule has 1 fully saturated rings. The molecule has 1 atom stereocenters. The predicted octanol–water partition coefficient (Wildman–Crippen LogP) is 4.13. The van der Waals surface area contributed by atoms with Crippen molar-refractivity contribution in [3.8, 4) is 0 Å². The van der Waals surface area contributed by atoms with Crippen molar-refractivity contribution >= 4 is 5.82 Å². The molecule has 2 heterocycles. The molecule has 0 aliphatic carbocycles. The molecule has 0 aromatic carbocycles. The van der Waals surface area contributed by atoms with Crippen LogP contribution in [0.1, 0.15) is 65.4 Å². The van der Waals surface area contributed by atoms with Crippen LogP contribution in [0, 0.1) is 0 Å². The van der Waals surface area contributed by atoms with Crippen molar-refractivity contribution in [3.63, 3.8) is 0 Å². The van der Waals surface area contributed by atoms with Gasteiger partial charge in [-0.1, -0.05) is 19.4 Å². The number of piperidine rings is 1. The summed E-state index contributed by atoms with van der Waals surface area (Å²) in [5.41, 5.74) is 1.47. The van der Waals surface area contributed by atoms with E-state index in [1.54, 1.807) is 0 Å². The van der Waals surface area contributed by atoms with Gasteiger partial charge in [0.2, 0.25) is 0 Å². The Morgan fingerprint density at radius 2 is 2.14 bits per heavy atom. The monoisotopic (exact) mass is 289 g/mol. The third kappa shape index (κ3) is 4.70. The van der Waals surface area contributed by atoms with E-state index in [0.29, 0.717) is 6.04 Å². The zero-order valence-electron chi connectivity index (χ0n) is 14.2. The average molecular weight is 289 g/mol. The van der Waals surface area contributed by atoms with Crippen molar-refractivity contribution in [3.05, 3.63) is 23.9 Å². The summed E-state index contributed by atoms with van der Waals surface area (Å²) < 4.78 is 0. The molecule has 0 radical (unpaired) electrons. The van der Waals surface area contributed by atoms with E-state index < -0.39 is 0 Å². The highest BCUT2D eigenvalue weighted by Crippen LogP contribution is 2.28. The fourth-order valence-electron chi connectivity index (χ4n) is 3.10. The quantitative estimate of drug-likeness (QED) is 0.883. The SMILES string of the molecule is CCCC1CCCCN1c1ncccc1CNC(C)(C)C. The molecule has 21 heavy (non-hydrogen) atoms. The van der Waals surface area contributed by atoms with E-state index in [4.69, 9.17) is 4.98 Å². The third-order valence-corrected chi connectivity index (χ3v) is 4.20. The van der Waals surface area contributed by atoms with Gasteiger partial charge in [-0.25, -0.2) is 4.98 Å². The highest BCUT2D eigenvalue weighted by molar-refractivity contribution is 5.48. The number of anilines is 1. The Labute approximate surface area is 130 Å². The van der Waals surface area contributed by atoms with Crippen LogP contribution in [0.5, 0.6) is 0 Å². The molecule has 0 saturated carbocycles.